The molecule has 162 valence electrons. The highest BCUT2D eigenvalue weighted by atomic mass is 16.5. The third-order valence-corrected chi connectivity index (χ3v) is 7.41. The molecule has 1 N–H and O–H groups in total. The zero-order valence-corrected chi connectivity index (χ0v) is 19.2. The van der Waals surface area contributed by atoms with E-state index >= 15 is 0 Å². The second-order valence-electron chi connectivity index (χ2n) is 10.1. The molecule has 0 spiro atoms. The summed E-state index contributed by atoms with van der Waals surface area (Å²) >= 11 is 0. The molecule has 2 rings (SSSR count). The summed E-state index contributed by atoms with van der Waals surface area (Å²) in [5.74, 6) is -0.213. The summed E-state index contributed by atoms with van der Waals surface area (Å²) in [7, 11) is 0. The minimum atomic E-state index is -0.882. The fourth-order valence-electron chi connectivity index (χ4n) is 5.92. The lowest BCUT2D eigenvalue weighted by atomic mass is 9.47. The van der Waals surface area contributed by atoms with Crippen LogP contribution in [0.1, 0.15) is 80.6 Å². The van der Waals surface area contributed by atoms with Gasteiger partial charge in [0.1, 0.15) is 6.10 Å². The quantitative estimate of drug-likeness (QED) is 0.332. The van der Waals surface area contributed by atoms with Crippen molar-refractivity contribution in [3.05, 3.63) is 34.9 Å². The van der Waals surface area contributed by atoms with Crippen molar-refractivity contribution in [2.45, 2.75) is 86.7 Å². The molecule has 0 amide bonds. The fraction of sp³-hybridized carbons (Fsp3) is 0.680. The zero-order chi connectivity index (χ0) is 22.0. The van der Waals surface area contributed by atoms with E-state index in [1.807, 2.05) is 13.8 Å². The van der Waals surface area contributed by atoms with Crippen molar-refractivity contribution in [2.24, 2.45) is 22.7 Å². The number of fused-ring (bicyclic) bond motifs is 1. The number of carboxylic acid groups (broad SMARTS) is 1. The molecule has 1 saturated carbocycles. The molecule has 2 aliphatic rings. The second kappa shape index (κ2) is 8.89. The molecular formula is C25H38O4. The van der Waals surface area contributed by atoms with E-state index in [1.165, 1.54) is 11.6 Å². The molecule has 0 radical (unpaired) electrons. The maximum absolute atomic E-state index is 12.4. The Morgan fingerprint density at radius 1 is 1.24 bits per heavy atom. The first-order valence-corrected chi connectivity index (χ1v) is 10.8. The Balaban J connectivity index is 2.29. The lowest BCUT2D eigenvalue weighted by Gasteiger charge is -2.58. The van der Waals surface area contributed by atoms with Crippen molar-refractivity contribution in [1.82, 2.24) is 0 Å². The third kappa shape index (κ3) is 5.21. The summed E-state index contributed by atoms with van der Waals surface area (Å²) in [6.07, 6.45) is 9.91. The molecule has 4 nitrogen and oxygen atoms in total. The average Bonchev–Trinajstić information content (AvgIpc) is 2.58. The minimum Gasteiger partial charge on any atom is -0.478 e. The zero-order valence-electron chi connectivity index (χ0n) is 19.2. The van der Waals surface area contributed by atoms with Gasteiger partial charge in [0.15, 0.2) is 0 Å². The Kier molecular flexibility index (Phi) is 7.19. The van der Waals surface area contributed by atoms with Crippen LogP contribution in [0.3, 0.4) is 0 Å². The lowest BCUT2D eigenvalue weighted by Crippen LogP contribution is -2.53. The van der Waals surface area contributed by atoms with E-state index in [0.717, 1.165) is 37.7 Å². The van der Waals surface area contributed by atoms with E-state index < -0.39 is 5.97 Å². The van der Waals surface area contributed by atoms with E-state index in [-0.39, 0.29) is 22.9 Å². The van der Waals surface area contributed by atoms with Crippen molar-refractivity contribution in [3.8, 4) is 0 Å². The number of esters is 1. The number of hydrogen-bond acceptors (Lipinski definition) is 3. The first-order chi connectivity index (χ1) is 13.4. The van der Waals surface area contributed by atoms with Gasteiger partial charge in [-0.1, -0.05) is 44.1 Å². The number of allylic oxidation sites excluding steroid dienone is 4. The molecule has 0 aromatic rings. The van der Waals surface area contributed by atoms with Gasteiger partial charge in [0.05, 0.1) is 0 Å². The van der Waals surface area contributed by atoms with Gasteiger partial charge in [-0.25, -0.2) is 9.59 Å². The topological polar surface area (TPSA) is 63.6 Å². The number of carbonyl (C=O) groups is 2. The Labute approximate surface area is 176 Å². The van der Waals surface area contributed by atoms with Crippen LogP contribution in [-0.2, 0) is 14.3 Å². The summed E-state index contributed by atoms with van der Waals surface area (Å²) in [4.78, 5) is 23.4. The number of ether oxygens (including phenoxy) is 1. The van der Waals surface area contributed by atoms with Gasteiger partial charge in [-0.3, -0.25) is 0 Å². The van der Waals surface area contributed by atoms with E-state index in [2.05, 4.69) is 33.8 Å². The van der Waals surface area contributed by atoms with Crippen LogP contribution >= 0.6 is 0 Å². The van der Waals surface area contributed by atoms with Crippen LogP contribution in [0, 0.1) is 22.7 Å². The molecule has 29 heavy (non-hydrogen) atoms. The maximum atomic E-state index is 12.4. The minimum absolute atomic E-state index is 0.0267. The van der Waals surface area contributed by atoms with Crippen LogP contribution in [0.4, 0.5) is 0 Å². The molecule has 4 atom stereocenters. The van der Waals surface area contributed by atoms with E-state index in [0.29, 0.717) is 17.4 Å². The average molecular weight is 403 g/mol. The van der Waals surface area contributed by atoms with Gasteiger partial charge >= 0.3 is 11.9 Å². The summed E-state index contributed by atoms with van der Waals surface area (Å²) in [5.41, 5.74) is 3.04. The molecule has 0 heterocycles. The summed E-state index contributed by atoms with van der Waals surface area (Å²) in [6.45, 7) is 14.7. The molecular weight excluding hydrogens is 364 g/mol. The highest BCUT2D eigenvalue weighted by molar-refractivity contribution is 5.87. The van der Waals surface area contributed by atoms with Gasteiger partial charge in [-0.05, 0) is 82.5 Å². The van der Waals surface area contributed by atoms with Crippen molar-refractivity contribution in [1.29, 1.82) is 0 Å². The van der Waals surface area contributed by atoms with Crippen LogP contribution in [0.2, 0.25) is 0 Å². The monoisotopic (exact) mass is 402 g/mol. The molecule has 0 aromatic carbocycles. The summed E-state index contributed by atoms with van der Waals surface area (Å²) in [6, 6.07) is 0. The maximum Gasteiger partial charge on any atom is 0.333 e. The van der Waals surface area contributed by atoms with Crippen LogP contribution in [-0.4, -0.2) is 23.1 Å². The number of carboxylic acids is 1. The van der Waals surface area contributed by atoms with Gasteiger partial charge in [0, 0.05) is 11.6 Å². The summed E-state index contributed by atoms with van der Waals surface area (Å²) < 4.78 is 5.94. The van der Waals surface area contributed by atoms with Crippen LogP contribution in [0.5, 0.6) is 0 Å². The molecule has 0 unspecified atom stereocenters. The van der Waals surface area contributed by atoms with E-state index in [9.17, 15) is 9.59 Å². The predicted octanol–water partition coefficient (Wildman–Crippen LogP) is 6.08. The van der Waals surface area contributed by atoms with E-state index in [1.54, 1.807) is 13.0 Å². The number of aliphatic carboxylic acids is 1. The van der Waals surface area contributed by atoms with Crippen molar-refractivity contribution >= 4 is 11.9 Å². The van der Waals surface area contributed by atoms with Crippen LogP contribution < -0.4 is 0 Å². The second-order valence-corrected chi connectivity index (χ2v) is 10.1. The van der Waals surface area contributed by atoms with Crippen molar-refractivity contribution in [2.75, 3.05) is 0 Å². The first kappa shape index (κ1) is 23.4. The number of rotatable bonds is 6. The van der Waals surface area contributed by atoms with Gasteiger partial charge in [-0.15, -0.1) is 0 Å². The van der Waals surface area contributed by atoms with Crippen molar-refractivity contribution < 1.29 is 19.4 Å². The molecule has 0 saturated heterocycles. The van der Waals surface area contributed by atoms with Crippen molar-refractivity contribution in [3.63, 3.8) is 0 Å². The van der Waals surface area contributed by atoms with Gasteiger partial charge in [0.2, 0.25) is 0 Å². The van der Waals surface area contributed by atoms with Gasteiger partial charge in [0.25, 0.3) is 0 Å². The molecule has 1 fully saturated rings. The SMILES string of the molecule is C/C=C(\C)C(=O)O[C@H]1CC(C)(C)[C@@H]2CC=C(C)[C@H](CC/C(C)=C/C(=O)O)[C@@]2(C)C1. The van der Waals surface area contributed by atoms with Gasteiger partial charge in [-0.2, -0.15) is 0 Å². The number of carbonyl (C=O) groups excluding carboxylic acids is 1. The van der Waals surface area contributed by atoms with Crippen LogP contribution in [0.25, 0.3) is 0 Å². The largest absolute Gasteiger partial charge is 0.478 e. The predicted molar refractivity (Wildman–Crippen MR) is 116 cm³/mol. The summed E-state index contributed by atoms with van der Waals surface area (Å²) in [5, 5.41) is 9.02. The standard InChI is InChI=1S/C25H38O4/c1-8-17(3)23(28)29-19-14-24(5,6)21-12-10-18(4)20(25(21,7)15-19)11-9-16(2)13-22(26)27/h8,10,13,19-21H,9,11-12,14-15H2,1-7H3,(H,26,27)/b16-13+,17-8+/t19-,20-,21-,25+/m0/s1. The first-order valence-electron chi connectivity index (χ1n) is 10.8. The Hall–Kier alpha value is -1.84. The Morgan fingerprint density at radius 3 is 2.48 bits per heavy atom. The highest BCUT2D eigenvalue weighted by Crippen LogP contribution is 2.61. The highest BCUT2D eigenvalue weighted by Gasteiger charge is 2.55. The lowest BCUT2D eigenvalue weighted by molar-refractivity contribution is -0.159. The Morgan fingerprint density at radius 2 is 1.90 bits per heavy atom. The normalized spacial score (nSPS) is 32.2. The van der Waals surface area contributed by atoms with Gasteiger partial charge < -0.3 is 9.84 Å². The smallest absolute Gasteiger partial charge is 0.333 e. The Bertz CT molecular complexity index is 740. The molecule has 2 aliphatic carbocycles. The fourth-order valence-corrected chi connectivity index (χ4v) is 5.92. The molecule has 0 aliphatic heterocycles. The molecule has 0 aromatic heterocycles. The number of hydrogen-bond donors (Lipinski definition) is 1. The molecule has 4 heteroatoms. The molecule has 0 bridgehead atoms. The van der Waals surface area contributed by atoms with E-state index in [4.69, 9.17) is 9.84 Å². The third-order valence-electron chi connectivity index (χ3n) is 7.41. The van der Waals surface area contributed by atoms with Crippen LogP contribution in [0.15, 0.2) is 34.9 Å².